The SMILES string of the molecule is COCCOc1cccc(NC(=O)c2ccc(OCc3nccn3C)cc2)c1. The van der Waals surface area contributed by atoms with Gasteiger partial charge >= 0.3 is 0 Å². The van der Waals surface area contributed by atoms with E-state index in [4.69, 9.17) is 14.2 Å². The summed E-state index contributed by atoms with van der Waals surface area (Å²) in [6.07, 6.45) is 3.59. The van der Waals surface area contributed by atoms with E-state index in [1.165, 1.54) is 0 Å². The molecule has 0 atom stereocenters. The third-order valence-corrected chi connectivity index (χ3v) is 4.05. The quantitative estimate of drug-likeness (QED) is 0.576. The number of benzene rings is 2. The Morgan fingerprint density at radius 3 is 2.61 bits per heavy atom. The molecule has 0 unspecified atom stereocenters. The second kappa shape index (κ2) is 9.57. The van der Waals surface area contributed by atoms with Gasteiger partial charge in [0.25, 0.3) is 5.91 Å². The summed E-state index contributed by atoms with van der Waals surface area (Å²) in [5.74, 6) is 1.97. The van der Waals surface area contributed by atoms with Gasteiger partial charge in [0.15, 0.2) is 0 Å². The number of hydrogen-bond acceptors (Lipinski definition) is 5. The van der Waals surface area contributed by atoms with E-state index >= 15 is 0 Å². The van der Waals surface area contributed by atoms with Crippen molar-refractivity contribution in [3.05, 3.63) is 72.3 Å². The molecule has 0 saturated carbocycles. The number of ether oxygens (including phenoxy) is 3. The normalized spacial score (nSPS) is 10.5. The highest BCUT2D eigenvalue weighted by Gasteiger charge is 2.08. The van der Waals surface area contributed by atoms with E-state index in [9.17, 15) is 4.79 Å². The molecule has 0 radical (unpaired) electrons. The molecule has 1 heterocycles. The minimum Gasteiger partial charge on any atom is -0.491 e. The van der Waals surface area contributed by atoms with Crippen molar-refractivity contribution in [2.75, 3.05) is 25.6 Å². The summed E-state index contributed by atoms with van der Waals surface area (Å²) in [7, 11) is 3.53. The maximum Gasteiger partial charge on any atom is 0.255 e. The smallest absolute Gasteiger partial charge is 0.255 e. The Labute approximate surface area is 163 Å². The molecule has 7 nitrogen and oxygen atoms in total. The average Bonchev–Trinajstić information content (AvgIpc) is 3.12. The second-order valence-corrected chi connectivity index (χ2v) is 6.09. The summed E-state index contributed by atoms with van der Waals surface area (Å²) in [4.78, 5) is 16.7. The topological polar surface area (TPSA) is 74.6 Å². The van der Waals surface area contributed by atoms with Crippen LogP contribution in [0.5, 0.6) is 11.5 Å². The molecule has 28 heavy (non-hydrogen) atoms. The van der Waals surface area contributed by atoms with E-state index in [1.807, 2.05) is 36.0 Å². The first kappa shape index (κ1) is 19.4. The third-order valence-electron chi connectivity index (χ3n) is 4.05. The van der Waals surface area contributed by atoms with Crippen molar-refractivity contribution in [1.29, 1.82) is 0 Å². The number of anilines is 1. The fraction of sp³-hybridized carbons (Fsp3) is 0.238. The van der Waals surface area contributed by atoms with Crippen molar-refractivity contribution >= 4 is 11.6 Å². The third kappa shape index (κ3) is 5.34. The Kier molecular flexibility index (Phi) is 6.64. The Morgan fingerprint density at radius 1 is 1.07 bits per heavy atom. The molecular formula is C21H23N3O4. The van der Waals surface area contributed by atoms with E-state index in [2.05, 4.69) is 10.3 Å². The fourth-order valence-electron chi connectivity index (χ4n) is 2.50. The van der Waals surface area contributed by atoms with Crippen LogP contribution < -0.4 is 14.8 Å². The van der Waals surface area contributed by atoms with Crippen LogP contribution in [0.1, 0.15) is 16.2 Å². The van der Waals surface area contributed by atoms with Crippen molar-refractivity contribution in [2.24, 2.45) is 7.05 Å². The van der Waals surface area contributed by atoms with Crippen molar-refractivity contribution in [2.45, 2.75) is 6.61 Å². The van der Waals surface area contributed by atoms with Gasteiger partial charge in [-0.15, -0.1) is 0 Å². The molecular weight excluding hydrogens is 358 g/mol. The molecule has 0 fully saturated rings. The highest BCUT2D eigenvalue weighted by molar-refractivity contribution is 6.04. The Bertz CT molecular complexity index is 906. The number of hydrogen-bond donors (Lipinski definition) is 1. The van der Waals surface area contributed by atoms with Gasteiger partial charge in [0.1, 0.15) is 30.5 Å². The van der Waals surface area contributed by atoms with Gasteiger partial charge in [0, 0.05) is 43.9 Å². The number of nitrogens with zero attached hydrogens (tertiary/aromatic N) is 2. The Hall–Kier alpha value is -3.32. The number of methoxy groups -OCH3 is 1. The standard InChI is InChI=1S/C21H23N3O4/c1-24-11-10-22-20(24)15-28-18-8-6-16(7-9-18)21(25)23-17-4-3-5-19(14-17)27-13-12-26-2/h3-11,14H,12-13,15H2,1-2H3,(H,23,25). The molecule has 0 aliphatic rings. The van der Waals surface area contributed by atoms with Crippen molar-refractivity contribution in [1.82, 2.24) is 9.55 Å². The number of rotatable bonds is 9. The van der Waals surface area contributed by atoms with Crippen LogP contribution in [0.2, 0.25) is 0 Å². The van der Waals surface area contributed by atoms with Gasteiger partial charge in [-0.05, 0) is 36.4 Å². The highest BCUT2D eigenvalue weighted by atomic mass is 16.5. The highest BCUT2D eigenvalue weighted by Crippen LogP contribution is 2.19. The average molecular weight is 381 g/mol. The largest absolute Gasteiger partial charge is 0.491 e. The van der Waals surface area contributed by atoms with Crippen molar-refractivity contribution < 1.29 is 19.0 Å². The lowest BCUT2D eigenvalue weighted by Crippen LogP contribution is -2.12. The summed E-state index contributed by atoms with van der Waals surface area (Å²) in [6.45, 7) is 1.32. The monoisotopic (exact) mass is 381 g/mol. The fourth-order valence-corrected chi connectivity index (χ4v) is 2.50. The molecule has 0 saturated heterocycles. The summed E-state index contributed by atoms with van der Waals surface area (Å²) >= 11 is 0. The number of imidazole rings is 1. The lowest BCUT2D eigenvalue weighted by molar-refractivity contribution is 0.102. The predicted molar refractivity (Wildman–Crippen MR) is 106 cm³/mol. The maximum absolute atomic E-state index is 12.5. The van der Waals surface area contributed by atoms with Crippen LogP contribution in [0.25, 0.3) is 0 Å². The molecule has 0 aliphatic carbocycles. The summed E-state index contributed by atoms with van der Waals surface area (Å²) in [6, 6.07) is 14.2. The van der Waals surface area contributed by atoms with Crippen LogP contribution >= 0.6 is 0 Å². The summed E-state index contributed by atoms with van der Waals surface area (Å²) in [5, 5.41) is 2.87. The lowest BCUT2D eigenvalue weighted by Gasteiger charge is -2.10. The second-order valence-electron chi connectivity index (χ2n) is 6.09. The van der Waals surface area contributed by atoms with Gasteiger partial charge in [0.05, 0.1) is 6.61 Å². The zero-order valence-corrected chi connectivity index (χ0v) is 15.9. The Morgan fingerprint density at radius 2 is 1.89 bits per heavy atom. The molecule has 1 N–H and O–H groups in total. The molecule has 0 aliphatic heterocycles. The number of aryl methyl sites for hydroxylation is 1. The molecule has 3 aromatic rings. The molecule has 1 amide bonds. The van der Waals surface area contributed by atoms with E-state index in [1.54, 1.807) is 43.6 Å². The van der Waals surface area contributed by atoms with E-state index in [-0.39, 0.29) is 5.91 Å². The first-order valence-corrected chi connectivity index (χ1v) is 8.88. The molecule has 146 valence electrons. The van der Waals surface area contributed by atoms with E-state index in [0.717, 1.165) is 5.82 Å². The van der Waals surface area contributed by atoms with Gasteiger partial charge in [-0.3, -0.25) is 4.79 Å². The minimum absolute atomic E-state index is 0.204. The molecule has 0 bridgehead atoms. The lowest BCUT2D eigenvalue weighted by atomic mass is 10.2. The predicted octanol–water partition coefficient (Wildman–Crippen LogP) is 3.28. The minimum atomic E-state index is -0.204. The first-order valence-electron chi connectivity index (χ1n) is 8.88. The van der Waals surface area contributed by atoms with Crippen LogP contribution in [-0.4, -0.2) is 35.8 Å². The van der Waals surface area contributed by atoms with Crippen LogP contribution in [0.4, 0.5) is 5.69 Å². The van der Waals surface area contributed by atoms with Gasteiger partial charge in [0.2, 0.25) is 0 Å². The van der Waals surface area contributed by atoms with Gasteiger partial charge in [-0.2, -0.15) is 0 Å². The van der Waals surface area contributed by atoms with Gasteiger partial charge in [-0.1, -0.05) is 6.07 Å². The molecule has 2 aromatic carbocycles. The van der Waals surface area contributed by atoms with Gasteiger partial charge < -0.3 is 24.1 Å². The summed E-state index contributed by atoms with van der Waals surface area (Å²) in [5.41, 5.74) is 1.20. The zero-order chi connectivity index (χ0) is 19.8. The zero-order valence-electron chi connectivity index (χ0n) is 15.9. The molecule has 3 rings (SSSR count). The molecule has 0 spiro atoms. The first-order chi connectivity index (χ1) is 13.7. The number of nitrogens with one attached hydrogen (secondary N) is 1. The van der Waals surface area contributed by atoms with Crippen LogP contribution in [0.15, 0.2) is 60.9 Å². The number of aromatic nitrogens is 2. The van der Waals surface area contributed by atoms with Crippen molar-refractivity contribution in [3.63, 3.8) is 0 Å². The number of carbonyl (C=O) groups excluding carboxylic acids is 1. The summed E-state index contributed by atoms with van der Waals surface area (Å²) < 4.78 is 18.1. The van der Waals surface area contributed by atoms with Crippen molar-refractivity contribution in [3.8, 4) is 11.5 Å². The van der Waals surface area contributed by atoms with Crippen LogP contribution in [0.3, 0.4) is 0 Å². The van der Waals surface area contributed by atoms with Gasteiger partial charge in [-0.25, -0.2) is 4.98 Å². The van der Waals surface area contributed by atoms with E-state index < -0.39 is 0 Å². The number of amides is 1. The van der Waals surface area contributed by atoms with Crippen LogP contribution in [-0.2, 0) is 18.4 Å². The van der Waals surface area contributed by atoms with Crippen LogP contribution in [0, 0.1) is 0 Å². The van der Waals surface area contributed by atoms with E-state index in [0.29, 0.717) is 42.6 Å². The maximum atomic E-state index is 12.5. The number of carbonyl (C=O) groups is 1. The molecule has 7 heteroatoms. The Balaban J connectivity index is 1.56. The molecule has 1 aromatic heterocycles.